The molecule has 0 aromatic heterocycles. The Balaban J connectivity index is 1.78. The van der Waals surface area contributed by atoms with E-state index in [0.717, 1.165) is 24.9 Å². The Labute approximate surface area is 117 Å². The Morgan fingerprint density at radius 2 is 1.95 bits per heavy atom. The van der Waals surface area contributed by atoms with Crippen LogP contribution in [0.4, 0.5) is 0 Å². The van der Waals surface area contributed by atoms with Gasteiger partial charge in [-0.3, -0.25) is 0 Å². The molecule has 0 aliphatic heterocycles. The quantitative estimate of drug-likeness (QED) is 0.781. The van der Waals surface area contributed by atoms with Crippen molar-refractivity contribution in [3.63, 3.8) is 0 Å². The van der Waals surface area contributed by atoms with Crippen LogP contribution < -0.4 is 10.1 Å². The van der Waals surface area contributed by atoms with E-state index in [2.05, 4.69) is 44.3 Å². The van der Waals surface area contributed by atoms with Crippen LogP contribution in [0.25, 0.3) is 0 Å². The first kappa shape index (κ1) is 14.4. The van der Waals surface area contributed by atoms with E-state index in [9.17, 15) is 0 Å². The SMILES string of the molecule is Cc1cc(OCCNC2CCCC2)cc(C(C)C)c1. The van der Waals surface area contributed by atoms with Crippen molar-refractivity contribution < 1.29 is 4.74 Å². The van der Waals surface area contributed by atoms with Crippen LogP contribution in [-0.4, -0.2) is 19.2 Å². The van der Waals surface area contributed by atoms with Gasteiger partial charge < -0.3 is 10.1 Å². The first-order valence-electron chi connectivity index (χ1n) is 7.63. The maximum Gasteiger partial charge on any atom is 0.119 e. The van der Waals surface area contributed by atoms with E-state index < -0.39 is 0 Å². The molecule has 2 nitrogen and oxygen atoms in total. The van der Waals surface area contributed by atoms with Crippen molar-refractivity contribution in [2.45, 2.75) is 58.4 Å². The third-order valence-corrected chi connectivity index (χ3v) is 3.90. The van der Waals surface area contributed by atoms with E-state index in [1.54, 1.807) is 0 Å². The van der Waals surface area contributed by atoms with Crippen LogP contribution in [0.5, 0.6) is 5.75 Å². The van der Waals surface area contributed by atoms with E-state index in [-0.39, 0.29) is 0 Å². The second kappa shape index (κ2) is 6.95. The molecule has 2 rings (SSSR count). The molecule has 1 aromatic rings. The highest BCUT2D eigenvalue weighted by atomic mass is 16.5. The van der Waals surface area contributed by atoms with Crippen molar-refractivity contribution in [1.29, 1.82) is 0 Å². The van der Waals surface area contributed by atoms with Gasteiger partial charge >= 0.3 is 0 Å². The van der Waals surface area contributed by atoms with Crippen LogP contribution in [0.1, 0.15) is 56.6 Å². The molecular formula is C17H27NO. The first-order valence-corrected chi connectivity index (χ1v) is 7.63. The topological polar surface area (TPSA) is 21.3 Å². The number of benzene rings is 1. The fourth-order valence-electron chi connectivity index (χ4n) is 2.76. The van der Waals surface area contributed by atoms with Crippen molar-refractivity contribution >= 4 is 0 Å². The summed E-state index contributed by atoms with van der Waals surface area (Å²) in [5.74, 6) is 1.57. The second-order valence-electron chi connectivity index (χ2n) is 6.02. The van der Waals surface area contributed by atoms with Gasteiger partial charge in [0, 0.05) is 12.6 Å². The Morgan fingerprint density at radius 1 is 1.21 bits per heavy atom. The summed E-state index contributed by atoms with van der Waals surface area (Å²) in [6, 6.07) is 7.27. The van der Waals surface area contributed by atoms with Gasteiger partial charge in [-0.05, 0) is 48.9 Å². The summed E-state index contributed by atoms with van der Waals surface area (Å²) in [4.78, 5) is 0. The van der Waals surface area contributed by atoms with Crippen LogP contribution in [0.2, 0.25) is 0 Å². The maximum absolute atomic E-state index is 5.87. The van der Waals surface area contributed by atoms with E-state index >= 15 is 0 Å². The predicted molar refractivity (Wildman–Crippen MR) is 81.0 cm³/mol. The van der Waals surface area contributed by atoms with Crippen LogP contribution in [0, 0.1) is 6.92 Å². The van der Waals surface area contributed by atoms with Crippen molar-refractivity contribution in [2.24, 2.45) is 0 Å². The highest BCUT2D eigenvalue weighted by molar-refractivity contribution is 5.35. The van der Waals surface area contributed by atoms with Crippen molar-refractivity contribution in [2.75, 3.05) is 13.2 Å². The third-order valence-electron chi connectivity index (χ3n) is 3.90. The summed E-state index contributed by atoms with van der Waals surface area (Å²) >= 11 is 0. The molecule has 1 fully saturated rings. The molecule has 2 heteroatoms. The molecule has 0 radical (unpaired) electrons. The Kier molecular flexibility index (Phi) is 5.26. The number of ether oxygens (including phenoxy) is 1. The molecule has 0 heterocycles. The zero-order chi connectivity index (χ0) is 13.7. The van der Waals surface area contributed by atoms with Crippen molar-refractivity contribution in [1.82, 2.24) is 5.32 Å². The molecule has 0 bridgehead atoms. The molecule has 0 amide bonds. The third kappa shape index (κ3) is 4.54. The van der Waals surface area contributed by atoms with Gasteiger partial charge in [-0.15, -0.1) is 0 Å². The molecule has 19 heavy (non-hydrogen) atoms. The van der Waals surface area contributed by atoms with Gasteiger partial charge in [0.05, 0.1) is 0 Å². The van der Waals surface area contributed by atoms with Crippen LogP contribution in [0.15, 0.2) is 18.2 Å². The molecule has 0 spiro atoms. The standard InChI is InChI=1S/C17H27NO/c1-13(2)15-10-14(3)11-17(12-15)19-9-8-18-16-6-4-5-7-16/h10-13,16,18H,4-9H2,1-3H3. The molecular weight excluding hydrogens is 234 g/mol. The van der Waals surface area contributed by atoms with Gasteiger partial charge in [-0.1, -0.05) is 32.8 Å². The number of nitrogens with one attached hydrogen (secondary N) is 1. The number of hydrogen-bond acceptors (Lipinski definition) is 2. The Morgan fingerprint density at radius 3 is 2.63 bits per heavy atom. The largest absolute Gasteiger partial charge is 0.492 e. The summed E-state index contributed by atoms with van der Waals surface area (Å²) in [5, 5.41) is 3.58. The smallest absolute Gasteiger partial charge is 0.119 e. The highest BCUT2D eigenvalue weighted by Gasteiger charge is 2.13. The van der Waals surface area contributed by atoms with Crippen LogP contribution in [0.3, 0.4) is 0 Å². The molecule has 1 N–H and O–H groups in total. The van der Waals surface area contributed by atoms with Gasteiger partial charge in [0.1, 0.15) is 12.4 Å². The Bertz CT molecular complexity index is 394. The fraction of sp³-hybridized carbons (Fsp3) is 0.647. The zero-order valence-corrected chi connectivity index (χ0v) is 12.5. The Hall–Kier alpha value is -1.02. The molecule has 0 saturated heterocycles. The van der Waals surface area contributed by atoms with Crippen molar-refractivity contribution in [3.8, 4) is 5.75 Å². The lowest BCUT2D eigenvalue weighted by atomic mass is 10.0. The molecule has 1 aromatic carbocycles. The fourth-order valence-corrected chi connectivity index (χ4v) is 2.76. The average Bonchev–Trinajstić information content (AvgIpc) is 2.87. The van der Waals surface area contributed by atoms with Gasteiger partial charge in [0.15, 0.2) is 0 Å². The number of rotatable bonds is 6. The minimum Gasteiger partial charge on any atom is -0.492 e. The molecule has 1 aliphatic carbocycles. The van der Waals surface area contributed by atoms with Gasteiger partial charge in [0.25, 0.3) is 0 Å². The zero-order valence-electron chi connectivity index (χ0n) is 12.5. The number of aryl methyl sites for hydroxylation is 1. The summed E-state index contributed by atoms with van der Waals surface area (Å²) in [5.41, 5.74) is 2.64. The lowest BCUT2D eigenvalue weighted by Crippen LogP contribution is -2.30. The van der Waals surface area contributed by atoms with Gasteiger partial charge in [-0.25, -0.2) is 0 Å². The minimum absolute atomic E-state index is 0.555. The van der Waals surface area contributed by atoms with E-state index in [1.165, 1.54) is 36.8 Å². The maximum atomic E-state index is 5.87. The van der Waals surface area contributed by atoms with Crippen LogP contribution in [-0.2, 0) is 0 Å². The van der Waals surface area contributed by atoms with Crippen molar-refractivity contribution in [3.05, 3.63) is 29.3 Å². The predicted octanol–water partition coefficient (Wildman–Crippen LogP) is 4.03. The van der Waals surface area contributed by atoms with E-state index in [0.29, 0.717) is 5.92 Å². The second-order valence-corrected chi connectivity index (χ2v) is 6.02. The molecule has 1 saturated carbocycles. The molecule has 106 valence electrons. The molecule has 1 aliphatic rings. The normalized spacial score (nSPS) is 16.2. The average molecular weight is 261 g/mol. The lowest BCUT2D eigenvalue weighted by Gasteiger charge is -2.14. The first-order chi connectivity index (χ1) is 9.15. The summed E-state index contributed by atoms with van der Waals surface area (Å²) in [7, 11) is 0. The summed E-state index contributed by atoms with van der Waals surface area (Å²) in [6.07, 6.45) is 5.44. The highest BCUT2D eigenvalue weighted by Crippen LogP contribution is 2.22. The lowest BCUT2D eigenvalue weighted by molar-refractivity contribution is 0.304. The monoisotopic (exact) mass is 261 g/mol. The molecule has 0 atom stereocenters. The van der Waals surface area contributed by atoms with Gasteiger partial charge in [0.2, 0.25) is 0 Å². The van der Waals surface area contributed by atoms with Gasteiger partial charge in [-0.2, -0.15) is 0 Å². The van der Waals surface area contributed by atoms with Crippen LogP contribution >= 0.6 is 0 Å². The number of hydrogen-bond donors (Lipinski definition) is 1. The summed E-state index contributed by atoms with van der Waals surface area (Å²) in [6.45, 7) is 8.29. The summed E-state index contributed by atoms with van der Waals surface area (Å²) < 4.78 is 5.87. The minimum atomic E-state index is 0.555. The van der Waals surface area contributed by atoms with E-state index in [1.807, 2.05) is 0 Å². The van der Waals surface area contributed by atoms with E-state index in [4.69, 9.17) is 4.74 Å². The molecule has 0 unspecified atom stereocenters.